The molecule has 1 atom stereocenters. The van der Waals surface area contributed by atoms with Crippen LogP contribution in [0.2, 0.25) is 5.02 Å². The predicted molar refractivity (Wildman–Crippen MR) is 102 cm³/mol. The first kappa shape index (κ1) is 18.0. The number of hydrogen-bond acceptors (Lipinski definition) is 2. The monoisotopic (exact) mass is 357 g/mol. The van der Waals surface area contributed by atoms with Crippen molar-refractivity contribution in [3.63, 3.8) is 0 Å². The standard InChI is InChI=1S/C21H24ClNO2/c1-3-23(14-18-9-6-12-25-18)21(24)17-8-4-7-16(13-17)19-10-5-11-20(22)15(19)2/h4-5,7-8,10-11,13,18H,3,6,9,12,14H2,1-2H3/t18-/m1/s1. The first-order valence-corrected chi connectivity index (χ1v) is 9.24. The third kappa shape index (κ3) is 4.05. The van der Waals surface area contributed by atoms with Crippen molar-refractivity contribution < 1.29 is 9.53 Å². The van der Waals surface area contributed by atoms with Crippen LogP contribution in [0, 0.1) is 6.92 Å². The van der Waals surface area contributed by atoms with Crippen LogP contribution in [-0.2, 0) is 4.74 Å². The zero-order valence-electron chi connectivity index (χ0n) is 14.8. The molecule has 0 aromatic heterocycles. The topological polar surface area (TPSA) is 29.5 Å². The summed E-state index contributed by atoms with van der Waals surface area (Å²) in [5.74, 6) is 0.0551. The summed E-state index contributed by atoms with van der Waals surface area (Å²) in [7, 11) is 0. The molecule has 3 rings (SSSR count). The SMILES string of the molecule is CCN(C[C@H]1CCCO1)C(=O)c1cccc(-c2cccc(Cl)c2C)c1. The van der Waals surface area contributed by atoms with Crippen molar-refractivity contribution in [2.45, 2.75) is 32.8 Å². The van der Waals surface area contributed by atoms with Gasteiger partial charge in [-0.25, -0.2) is 0 Å². The lowest BCUT2D eigenvalue weighted by atomic mass is 9.98. The predicted octanol–water partition coefficient (Wildman–Crippen LogP) is 4.96. The molecule has 0 spiro atoms. The average molecular weight is 358 g/mol. The smallest absolute Gasteiger partial charge is 0.253 e. The molecule has 1 heterocycles. The van der Waals surface area contributed by atoms with E-state index >= 15 is 0 Å². The minimum absolute atomic E-state index is 0.0551. The molecule has 1 aliphatic heterocycles. The highest BCUT2D eigenvalue weighted by Gasteiger charge is 2.22. The lowest BCUT2D eigenvalue weighted by molar-refractivity contribution is 0.0539. The Kier molecular flexibility index (Phi) is 5.77. The van der Waals surface area contributed by atoms with Crippen LogP contribution in [0.4, 0.5) is 0 Å². The second kappa shape index (κ2) is 8.03. The fourth-order valence-corrected chi connectivity index (χ4v) is 3.49. The zero-order chi connectivity index (χ0) is 17.8. The van der Waals surface area contributed by atoms with E-state index in [9.17, 15) is 4.79 Å². The number of ether oxygens (including phenoxy) is 1. The van der Waals surface area contributed by atoms with Gasteiger partial charge in [0.05, 0.1) is 6.10 Å². The van der Waals surface area contributed by atoms with Crippen LogP contribution < -0.4 is 0 Å². The number of amides is 1. The molecule has 3 nitrogen and oxygen atoms in total. The highest BCUT2D eigenvalue weighted by atomic mass is 35.5. The number of likely N-dealkylation sites (N-methyl/N-ethyl adjacent to an activating group) is 1. The second-order valence-electron chi connectivity index (χ2n) is 6.47. The van der Waals surface area contributed by atoms with E-state index in [2.05, 4.69) is 0 Å². The zero-order valence-corrected chi connectivity index (χ0v) is 15.6. The van der Waals surface area contributed by atoms with Crippen LogP contribution in [0.3, 0.4) is 0 Å². The largest absolute Gasteiger partial charge is 0.376 e. The molecule has 1 amide bonds. The molecule has 0 radical (unpaired) electrons. The van der Waals surface area contributed by atoms with Crippen molar-refractivity contribution in [3.8, 4) is 11.1 Å². The van der Waals surface area contributed by atoms with Gasteiger partial charge in [0, 0.05) is 30.3 Å². The van der Waals surface area contributed by atoms with Crippen LogP contribution in [0.25, 0.3) is 11.1 Å². The number of rotatable bonds is 5. The van der Waals surface area contributed by atoms with Gasteiger partial charge in [-0.05, 0) is 61.6 Å². The normalized spacial score (nSPS) is 16.8. The van der Waals surface area contributed by atoms with E-state index in [1.807, 2.05) is 61.2 Å². The fraction of sp³-hybridized carbons (Fsp3) is 0.381. The van der Waals surface area contributed by atoms with Crippen molar-refractivity contribution in [2.24, 2.45) is 0 Å². The minimum Gasteiger partial charge on any atom is -0.376 e. The van der Waals surface area contributed by atoms with Gasteiger partial charge in [-0.1, -0.05) is 35.9 Å². The Bertz CT molecular complexity index is 753. The highest BCUT2D eigenvalue weighted by Crippen LogP contribution is 2.29. The van der Waals surface area contributed by atoms with Crippen molar-refractivity contribution in [3.05, 3.63) is 58.6 Å². The summed E-state index contributed by atoms with van der Waals surface area (Å²) in [6.45, 7) is 6.16. The van der Waals surface area contributed by atoms with E-state index in [0.717, 1.165) is 41.2 Å². The van der Waals surface area contributed by atoms with Gasteiger partial charge in [-0.2, -0.15) is 0 Å². The van der Waals surface area contributed by atoms with Gasteiger partial charge >= 0.3 is 0 Å². The number of carbonyl (C=O) groups is 1. The molecule has 4 heteroatoms. The molecule has 2 aromatic carbocycles. The molecule has 0 bridgehead atoms. The average Bonchev–Trinajstić information content (AvgIpc) is 3.15. The van der Waals surface area contributed by atoms with Gasteiger partial charge in [-0.15, -0.1) is 0 Å². The number of carbonyl (C=O) groups excluding carboxylic acids is 1. The maximum atomic E-state index is 12.9. The number of halogens is 1. The lowest BCUT2D eigenvalue weighted by Gasteiger charge is -2.24. The molecule has 0 saturated carbocycles. The number of benzene rings is 2. The van der Waals surface area contributed by atoms with Crippen molar-refractivity contribution in [1.82, 2.24) is 4.90 Å². The molecule has 0 unspecified atom stereocenters. The second-order valence-corrected chi connectivity index (χ2v) is 6.88. The Morgan fingerprint density at radius 1 is 1.28 bits per heavy atom. The van der Waals surface area contributed by atoms with E-state index in [1.54, 1.807) is 0 Å². The number of hydrogen-bond donors (Lipinski definition) is 0. The molecule has 1 saturated heterocycles. The van der Waals surface area contributed by atoms with Crippen molar-refractivity contribution in [1.29, 1.82) is 0 Å². The summed E-state index contributed by atoms with van der Waals surface area (Å²) < 4.78 is 5.68. The van der Waals surface area contributed by atoms with Crippen LogP contribution in [0.1, 0.15) is 35.7 Å². The molecule has 0 aliphatic carbocycles. The Morgan fingerprint density at radius 3 is 2.80 bits per heavy atom. The van der Waals surface area contributed by atoms with Gasteiger partial charge in [0.1, 0.15) is 0 Å². The summed E-state index contributed by atoms with van der Waals surface area (Å²) in [4.78, 5) is 14.8. The molecular formula is C21H24ClNO2. The number of nitrogens with zero attached hydrogens (tertiary/aromatic N) is 1. The molecule has 0 N–H and O–H groups in total. The quantitative estimate of drug-likeness (QED) is 0.757. The minimum atomic E-state index is 0.0551. The van der Waals surface area contributed by atoms with Gasteiger partial charge in [0.25, 0.3) is 5.91 Å². The third-order valence-electron chi connectivity index (χ3n) is 4.81. The van der Waals surface area contributed by atoms with Crippen LogP contribution in [0.5, 0.6) is 0 Å². The summed E-state index contributed by atoms with van der Waals surface area (Å²) in [5, 5.41) is 0.739. The molecule has 1 aliphatic rings. The third-order valence-corrected chi connectivity index (χ3v) is 5.21. The maximum Gasteiger partial charge on any atom is 0.253 e. The van der Waals surface area contributed by atoms with Gasteiger partial charge in [0.2, 0.25) is 0 Å². The molecular weight excluding hydrogens is 334 g/mol. The molecule has 25 heavy (non-hydrogen) atoms. The Balaban J connectivity index is 1.84. The van der Waals surface area contributed by atoms with Crippen molar-refractivity contribution in [2.75, 3.05) is 19.7 Å². The first-order valence-electron chi connectivity index (χ1n) is 8.86. The maximum absolute atomic E-state index is 12.9. The van der Waals surface area contributed by atoms with Crippen LogP contribution in [-0.4, -0.2) is 36.6 Å². The van der Waals surface area contributed by atoms with Gasteiger partial charge in [0.15, 0.2) is 0 Å². The first-order chi connectivity index (χ1) is 12.1. The van der Waals surface area contributed by atoms with Crippen molar-refractivity contribution >= 4 is 17.5 Å². The highest BCUT2D eigenvalue weighted by molar-refractivity contribution is 6.31. The molecule has 1 fully saturated rings. The van der Waals surface area contributed by atoms with E-state index in [0.29, 0.717) is 18.7 Å². The van der Waals surface area contributed by atoms with Crippen LogP contribution >= 0.6 is 11.6 Å². The summed E-state index contributed by atoms with van der Waals surface area (Å²) >= 11 is 6.25. The molecule has 132 valence electrons. The summed E-state index contributed by atoms with van der Waals surface area (Å²) in [5.41, 5.74) is 3.81. The van der Waals surface area contributed by atoms with E-state index in [1.165, 1.54) is 0 Å². The van der Waals surface area contributed by atoms with E-state index in [-0.39, 0.29) is 12.0 Å². The van der Waals surface area contributed by atoms with E-state index < -0.39 is 0 Å². The molecule has 2 aromatic rings. The van der Waals surface area contributed by atoms with Crippen LogP contribution in [0.15, 0.2) is 42.5 Å². The van der Waals surface area contributed by atoms with Gasteiger partial charge < -0.3 is 9.64 Å². The lowest BCUT2D eigenvalue weighted by Crippen LogP contribution is -2.37. The summed E-state index contributed by atoms with van der Waals surface area (Å²) in [6, 6.07) is 13.6. The van der Waals surface area contributed by atoms with Gasteiger partial charge in [-0.3, -0.25) is 4.79 Å². The van der Waals surface area contributed by atoms with E-state index in [4.69, 9.17) is 16.3 Å². The fourth-order valence-electron chi connectivity index (χ4n) is 3.31. The Morgan fingerprint density at radius 2 is 2.08 bits per heavy atom. The Labute approximate surface area is 154 Å². The Hall–Kier alpha value is -1.84. The summed E-state index contributed by atoms with van der Waals surface area (Å²) in [6.07, 6.45) is 2.29.